The second-order valence-corrected chi connectivity index (χ2v) is 3.27. The Morgan fingerprint density at radius 1 is 1.24 bits per heavy atom. The molecule has 0 amide bonds. The first-order chi connectivity index (χ1) is 7.64. The number of benzene rings is 1. The SMILES string of the molecule is CC(=O)c1cc(C(F)F)c(F)cc1C(F)(F)F. The van der Waals surface area contributed by atoms with Crippen LogP contribution in [0.25, 0.3) is 0 Å². The topological polar surface area (TPSA) is 17.1 Å². The van der Waals surface area contributed by atoms with Crippen molar-refractivity contribution in [3.8, 4) is 0 Å². The standard InChI is InChI=1S/C10H6F6O/c1-4(17)5-2-6(9(12)13)8(11)3-7(5)10(14,15)16/h2-3,9H,1H3. The Morgan fingerprint density at radius 2 is 1.76 bits per heavy atom. The monoisotopic (exact) mass is 256 g/mol. The largest absolute Gasteiger partial charge is 0.417 e. The average Bonchev–Trinajstić information content (AvgIpc) is 2.14. The van der Waals surface area contributed by atoms with Crippen LogP contribution < -0.4 is 0 Å². The van der Waals surface area contributed by atoms with Crippen LogP contribution in [0.5, 0.6) is 0 Å². The third-order valence-electron chi connectivity index (χ3n) is 2.06. The zero-order chi connectivity index (χ0) is 13.4. The summed E-state index contributed by atoms with van der Waals surface area (Å²) in [7, 11) is 0. The van der Waals surface area contributed by atoms with Gasteiger partial charge < -0.3 is 0 Å². The molecule has 7 heteroatoms. The van der Waals surface area contributed by atoms with Gasteiger partial charge in [-0.05, 0) is 19.1 Å². The number of carbonyl (C=O) groups is 1. The summed E-state index contributed by atoms with van der Waals surface area (Å²) in [6.45, 7) is 0.789. The number of alkyl halides is 5. The molecular weight excluding hydrogens is 250 g/mol. The molecule has 0 unspecified atom stereocenters. The molecule has 0 radical (unpaired) electrons. The number of ketones is 1. The number of hydrogen-bond donors (Lipinski definition) is 0. The minimum atomic E-state index is -4.97. The number of carbonyl (C=O) groups excluding carboxylic acids is 1. The van der Waals surface area contributed by atoms with Crippen LogP contribution in [-0.2, 0) is 6.18 Å². The summed E-state index contributed by atoms with van der Waals surface area (Å²) < 4.78 is 74.8. The summed E-state index contributed by atoms with van der Waals surface area (Å²) >= 11 is 0. The number of rotatable bonds is 2. The zero-order valence-corrected chi connectivity index (χ0v) is 8.41. The quantitative estimate of drug-likeness (QED) is 0.577. The Hall–Kier alpha value is -1.53. The fraction of sp³-hybridized carbons (Fsp3) is 0.300. The fourth-order valence-corrected chi connectivity index (χ4v) is 1.28. The van der Waals surface area contributed by atoms with E-state index in [0.29, 0.717) is 0 Å². The van der Waals surface area contributed by atoms with Crippen LogP contribution in [0.15, 0.2) is 12.1 Å². The summed E-state index contributed by atoms with van der Waals surface area (Å²) in [6, 6.07) is 0.156. The molecule has 1 aromatic rings. The number of Topliss-reactive ketones (excluding diaryl/α,β-unsaturated/α-hetero) is 1. The van der Waals surface area contributed by atoms with E-state index in [4.69, 9.17) is 0 Å². The van der Waals surface area contributed by atoms with Crippen molar-refractivity contribution in [2.24, 2.45) is 0 Å². The van der Waals surface area contributed by atoms with Crippen molar-refractivity contribution in [2.45, 2.75) is 19.5 Å². The van der Waals surface area contributed by atoms with Gasteiger partial charge in [0, 0.05) is 5.56 Å². The van der Waals surface area contributed by atoms with Crippen LogP contribution in [0.1, 0.15) is 34.8 Å². The highest BCUT2D eigenvalue weighted by molar-refractivity contribution is 5.96. The van der Waals surface area contributed by atoms with Crippen molar-refractivity contribution in [1.82, 2.24) is 0 Å². The molecule has 1 nitrogen and oxygen atoms in total. The Bertz CT molecular complexity index is 449. The van der Waals surface area contributed by atoms with Gasteiger partial charge in [0.2, 0.25) is 0 Å². The van der Waals surface area contributed by atoms with Gasteiger partial charge in [0.25, 0.3) is 6.43 Å². The highest BCUT2D eigenvalue weighted by Crippen LogP contribution is 2.35. The second kappa shape index (κ2) is 4.38. The maximum absolute atomic E-state index is 13.0. The molecule has 1 rings (SSSR count). The zero-order valence-electron chi connectivity index (χ0n) is 8.41. The van der Waals surface area contributed by atoms with E-state index in [1.165, 1.54) is 0 Å². The maximum Gasteiger partial charge on any atom is 0.417 e. The van der Waals surface area contributed by atoms with E-state index in [-0.39, 0.29) is 12.1 Å². The van der Waals surface area contributed by atoms with Crippen molar-refractivity contribution in [1.29, 1.82) is 0 Å². The third-order valence-corrected chi connectivity index (χ3v) is 2.06. The second-order valence-electron chi connectivity index (χ2n) is 3.27. The fourth-order valence-electron chi connectivity index (χ4n) is 1.28. The predicted molar refractivity (Wildman–Crippen MR) is 46.4 cm³/mol. The number of hydrogen-bond acceptors (Lipinski definition) is 1. The minimum Gasteiger partial charge on any atom is -0.294 e. The highest BCUT2D eigenvalue weighted by atomic mass is 19.4. The normalized spacial score (nSPS) is 12.0. The molecule has 0 heterocycles. The molecule has 0 aliphatic carbocycles. The van der Waals surface area contributed by atoms with Gasteiger partial charge >= 0.3 is 6.18 Å². The molecular formula is C10H6F6O. The lowest BCUT2D eigenvalue weighted by Gasteiger charge is -2.13. The van der Waals surface area contributed by atoms with Crippen LogP contribution in [0.2, 0.25) is 0 Å². The Balaban J connectivity index is 3.53. The highest BCUT2D eigenvalue weighted by Gasteiger charge is 2.36. The van der Waals surface area contributed by atoms with Crippen molar-refractivity contribution in [3.05, 3.63) is 34.6 Å². The molecule has 94 valence electrons. The van der Waals surface area contributed by atoms with Gasteiger partial charge in [-0.15, -0.1) is 0 Å². The van der Waals surface area contributed by atoms with Crippen LogP contribution in [-0.4, -0.2) is 5.78 Å². The molecule has 0 fully saturated rings. The summed E-state index contributed by atoms with van der Waals surface area (Å²) in [5, 5.41) is 0. The lowest BCUT2D eigenvalue weighted by Crippen LogP contribution is -2.13. The van der Waals surface area contributed by atoms with E-state index in [1.807, 2.05) is 0 Å². The van der Waals surface area contributed by atoms with E-state index in [9.17, 15) is 31.1 Å². The van der Waals surface area contributed by atoms with E-state index in [1.54, 1.807) is 0 Å². The molecule has 0 saturated carbocycles. The lowest BCUT2D eigenvalue weighted by molar-refractivity contribution is -0.138. The van der Waals surface area contributed by atoms with E-state index < -0.39 is 40.9 Å². The van der Waals surface area contributed by atoms with Gasteiger partial charge in [0.1, 0.15) is 5.82 Å². The van der Waals surface area contributed by atoms with Crippen molar-refractivity contribution in [3.63, 3.8) is 0 Å². The maximum atomic E-state index is 13.0. The molecule has 0 atom stereocenters. The summed E-state index contributed by atoms with van der Waals surface area (Å²) in [5.41, 5.74) is -3.73. The van der Waals surface area contributed by atoms with Crippen LogP contribution in [0, 0.1) is 5.82 Å². The first-order valence-corrected chi connectivity index (χ1v) is 4.34. The summed E-state index contributed by atoms with van der Waals surface area (Å²) in [6.07, 6.45) is -8.25. The molecule has 0 saturated heterocycles. The molecule has 0 bridgehead atoms. The van der Waals surface area contributed by atoms with Gasteiger partial charge in [0.15, 0.2) is 5.78 Å². The molecule has 1 aromatic carbocycles. The lowest BCUT2D eigenvalue weighted by atomic mass is 10.00. The van der Waals surface area contributed by atoms with Gasteiger partial charge in [-0.25, -0.2) is 13.2 Å². The first kappa shape index (κ1) is 13.5. The predicted octanol–water partition coefficient (Wildman–Crippen LogP) is 3.98. The Morgan fingerprint density at radius 3 is 2.12 bits per heavy atom. The van der Waals surface area contributed by atoms with E-state index in [0.717, 1.165) is 6.92 Å². The Labute approximate surface area is 92.0 Å². The molecule has 0 aromatic heterocycles. The van der Waals surface area contributed by atoms with Crippen molar-refractivity contribution < 1.29 is 31.1 Å². The molecule has 17 heavy (non-hydrogen) atoms. The molecule has 0 N–H and O–H groups in total. The minimum absolute atomic E-state index is 0.0851. The molecule has 0 aliphatic heterocycles. The third kappa shape index (κ3) is 2.78. The van der Waals surface area contributed by atoms with Gasteiger partial charge in [0.05, 0.1) is 11.1 Å². The van der Waals surface area contributed by atoms with E-state index in [2.05, 4.69) is 0 Å². The summed E-state index contributed by atoms with van der Waals surface area (Å²) in [5.74, 6) is -2.74. The molecule has 0 aliphatic rings. The van der Waals surface area contributed by atoms with Crippen molar-refractivity contribution in [2.75, 3.05) is 0 Å². The van der Waals surface area contributed by atoms with Gasteiger partial charge in [-0.2, -0.15) is 13.2 Å². The van der Waals surface area contributed by atoms with Gasteiger partial charge in [-0.3, -0.25) is 4.79 Å². The summed E-state index contributed by atoms with van der Waals surface area (Å²) in [4.78, 5) is 10.9. The average molecular weight is 256 g/mol. The number of halogens is 6. The molecule has 0 spiro atoms. The van der Waals surface area contributed by atoms with Crippen molar-refractivity contribution >= 4 is 5.78 Å². The van der Waals surface area contributed by atoms with Gasteiger partial charge in [-0.1, -0.05) is 0 Å². The van der Waals surface area contributed by atoms with Crippen LogP contribution >= 0.6 is 0 Å². The van der Waals surface area contributed by atoms with E-state index >= 15 is 0 Å². The Kier molecular flexibility index (Phi) is 3.49. The smallest absolute Gasteiger partial charge is 0.294 e. The van der Waals surface area contributed by atoms with Crippen LogP contribution in [0.4, 0.5) is 26.3 Å². The first-order valence-electron chi connectivity index (χ1n) is 4.34. The van der Waals surface area contributed by atoms with Crippen LogP contribution in [0.3, 0.4) is 0 Å².